The summed E-state index contributed by atoms with van der Waals surface area (Å²) in [7, 11) is 0. The van der Waals surface area contributed by atoms with E-state index in [9.17, 15) is 15.2 Å². The van der Waals surface area contributed by atoms with Crippen LogP contribution in [0.1, 0.15) is 34.3 Å². The normalized spacial score (nSPS) is 22.4. The van der Waals surface area contributed by atoms with Gasteiger partial charge in [-0.15, -0.1) is 0 Å². The zero-order chi connectivity index (χ0) is 17.8. The Morgan fingerprint density at radius 2 is 2.12 bits per heavy atom. The van der Waals surface area contributed by atoms with Crippen LogP contribution in [0.15, 0.2) is 54.9 Å². The van der Waals surface area contributed by atoms with Gasteiger partial charge < -0.3 is 10.0 Å². The lowest BCUT2D eigenvalue weighted by Crippen LogP contribution is -2.65. The van der Waals surface area contributed by atoms with Crippen LogP contribution in [-0.2, 0) is 0 Å². The highest BCUT2D eigenvalue weighted by Crippen LogP contribution is 2.41. The van der Waals surface area contributed by atoms with Gasteiger partial charge in [0.1, 0.15) is 6.04 Å². The molecule has 2 aromatic rings. The Kier molecular flexibility index (Phi) is 4.92. The van der Waals surface area contributed by atoms with Crippen molar-refractivity contribution in [1.29, 1.82) is 5.26 Å². The predicted octanol–water partition coefficient (Wildman–Crippen LogP) is 2.61. The molecule has 0 unspecified atom stereocenters. The maximum atomic E-state index is 12.7. The lowest BCUT2D eigenvalue weighted by Gasteiger charge is -2.51. The van der Waals surface area contributed by atoms with Gasteiger partial charge in [0, 0.05) is 18.3 Å². The topological polar surface area (TPSA) is 77.2 Å². The second-order valence-corrected chi connectivity index (χ2v) is 5.97. The highest BCUT2D eigenvalue weighted by molar-refractivity contribution is 5.95. The summed E-state index contributed by atoms with van der Waals surface area (Å²) in [6.07, 6.45) is 7.02. The number of aromatic nitrogens is 1. The molecule has 1 saturated heterocycles. The molecule has 1 amide bonds. The van der Waals surface area contributed by atoms with E-state index in [1.807, 2.05) is 43.3 Å². The van der Waals surface area contributed by atoms with E-state index in [0.717, 1.165) is 11.1 Å². The molecular weight excluding hydrogens is 314 g/mol. The highest BCUT2D eigenvalue weighted by Gasteiger charge is 2.51. The van der Waals surface area contributed by atoms with Crippen LogP contribution in [0.25, 0.3) is 6.08 Å². The van der Waals surface area contributed by atoms with E-state index >= 15 is 0 Å². The van der Waals surface area contributed by atoms with Crippen LogP contribution in [0, 0.1) is 11.3 Å². The zero-order valence-electron chi connectivity index (χ0n) is 13.9. The van der Waals surface area contributed by atoms with E-state index in [4.69, 9.17) is 0 Å². The van der Waals surface area contributed by atoms with Crippen LogP contribution in [0.5, 0.6) is 0 Å². The molecule has 0 radical (unpaired) electrons. The van der Waals surface area contributed by atoms with Crippen LogP contribution in [0.2, 0.25) is 0 Å². The third kappa shape index (κ3) is 3.04. The first kappa shape index (κ1) is 16.9. The Bertz CT molecular complexity index is 809. The quantitative estimate of drug-likeness (QED) is 0.933. The van der Waals surface area contributed by atoms with Gasteiger partial charge in [-0.1, -0.05) is 36.4 Å². The number of amides is 1. The molecule has 1 N–H and O–H groups in total. The summed E-state index contributed by atoms with van der Waals surface area (Å²) in [4.78, 5) is 18.1. The predicted molar refractivity (Wildman–Crippen MR) is 94.6 cm³/mol. The van der Waals surface area contributed by atoms with Gasteiger partial charge in [-0.05, 0) is 30.2 Å². The average molecular weight is 333 g/mol. The van der Waals surface area contributed by atoms with Gasteiger partial charge in [-0.25, -0.2) is 0 Å². The molecule has 1 aromatic carbocycles. The number of carbonyl (C=O) groups excluding carboxylic acids is 1. The Morgan fingerprint density at radius 1 is 1.36 bits per heavy atom. The van der Waals surface area contributed by atoms with Crippen LogP contribution in [0.4, 0.5) is 0 Å². The minimum atomic E-state index is -0.600. The van der Waals surface area contributed by atoms with Gasteiger partial charge in [-0.3, -0.25) is 9.78 Å². The first-order valence-electron chi connectivity index (χ1n) is 8.17. The van der Waals surface area contributed by atoms with Crippen molar-refractivity contribution in [3.63, 3.8) is 0 Å². The van der Waals surface area contributed by atoms with E-state index in [1.54, 1.807) is 18.3 Å². The standard InChI is InChI=1S/C20H19N3O2/c1-2-4-14-6-8-15(9-7-14)19-17(11-21)23(18(19)13-24)20(25)16-5-3-10-22-12-16/h2-10,12,17-19,24H,13H2,1H3/b4-2+/t17-,18+,19+/m0/s1. The Hall–Kier alpha value is -2.97. The lowest BCUT2D eigenvalue weighted by atomic mass is 9.75. The SMILES string of the molecule is C/C=C/c1ccc([C@H]2[C@@H](CO)N(C(=O)c3cccnc3)[C@H]2C#N)cc1. The van der Waals surface area contributed by atoms with Crippen molar-refractivity contribution in [1.82, 2.24) is 9.88 Å². The summed E-state index contributed by atoms with van der Waals surface area (Å²) in [5.41, 5.74) is 2.44. The van der Waals surface area contributed by atoms with Crippen LogP contribution < -0.4 is 0 Å². The number of likely N-dealkylation sites (tertiary alicyclic amines) is 1. The summed E-state index contributed by atoms with van der Waals surface area (Å²) in [5, 5.41) is 19.4. The van der Waals surface area contributed by atoms with Crippen molar-refractivity contribution in [2.45, 2.75) is 24.9 Å². The van der Waals surface area contributed by atoms with E-state index in [2.05, 4.69) is 11.1 Å². The molecule has 2 heterocycles. The minimum absolute atomic E-state index is 0.189. The number of benzene rings is 1. The molecule has 0 bridgehead atoms. The molecular formula is C20H19N3O2. The molecule has 1 aliphatic rings. The van der Waals surface area contributed by atoms with Crippen LogP contribution in [-0.4, -0.2) is 39.6 Å². The maximum Gasteiger partial charge on any atom is 0.256 e. The number of pyridine rings is 1. The van der Waals surface area contributed by atoms with E-state index in [0.29, 0.717) is 5.56 Å². The molecule has 25 heavy (non-hydrogen) atoms. The van der Waals surface area contributed by atoms with E-state index < -0.39 is 12.1 Å². The molecule has 126 valence electrons. The zero-order valence-corrected chi connectivity index (χ0v) is 13.9. The van der Waals surface area contributed by atoms with E-state index in [1.165, 1.54) is 11.1 Å². The second-order valence-electron chi connectivity index (χ2n) is 5.97. The first-order valence-corrected chi connectivity index (χ1v) is 8.17. The lowest BCUT2D eigenvalue weighted by molar-refractivity contribution is -0.00588. The number of aliphatic hydroxyl groups excluding tert-OH is 1. The molecule has 3 rings (SSSR count). The monoisotopic (exact) mass is 333 g/mol. The number of rotatable bonds is 4. The van der Waals surface area contributed by atoms with Crippen molar-refractivity contribution >= 4 is 12.0 Å². The number of nitriles is 1. The molecule has 3 atom stereocenters. The van der Waals surface area contributed by atoms with Gasteiger partial charge in [0.25, 0.3) is 5.91 Å². The molecule has 1 aromatic heterocycles. The highest BCUT2D eigenvalue weighted by atomic mass is 16.3. The molecule has 0 aliphatic carbocycles. The third-order valence-corrected chi connectivity index (χ3v) is 4.55. The Balaban J connectivity index is 1.87. The smallest absolute Gasteiger partial charge is 0.256 e. The summed E-state index contributed by atoms with van der Waals surface area (Å²) in [5.74, 6) is -0.476. The molecule has 5 nitrogen and oxygen atoms in total. The van der Waals surface area contributed by atoms with Crippen molar-refractivity contribution in [3.05, 3.63) is 71.6 Å². The molecule has 0 saturated carbocycles. The van der Waals surface area contributed by atoms with Crippen molar-refractivity contribution in [2.75, 3.05) is 6.61 Å². The van der Waals surface area contributed by atoms with Crippen molar-refractivity contribution in [3.8, 4) is 6.07 Å². The summed E-state index contributed by atoms with van der Waals surface area (Å²) in [6.45, 7) is 1.76. The van der Waals surface area contributed by atoms with Crippen molar-refractivity contribution < 1.29 is 9.90 Å². The number of aliphatic hydroxyl groups is 1. The molecule has 0 spiro atoms. The van der Waals surface area contributed by atoms with Gasteiger partial charge >= 0.3 is 0 Å². The first-order chi connectivity index (χ1) is 12.2. The summed E-state index contributed by atoms with van der Waals surface area (Å²) in [6, 6.07) is 12.4. The molecule has 5 heteroatoms. The fourth-order valence-electron chi connectivity index (χ4n) is 3.35. The van der Waals surface area contributed by atoms with Crippen LogP contribution >= 0.6 is 0 Å². The second kappa shape index (κ2) is 7.29. The number of nitrogens with zero attached hydrogens (tertiary/aromatic N) is 3. The van der Waals surface area contributed by atoms with Gasteiger partial charge in [0.2, 0.25) is 0 Å². The maximum absolute atomic E-state index is 12.7. The molecule has 1 fully saturated rings. The minimum Gasteiger partial charge on any atom is -0.394 e. The Morgan fingerprint density at radius 3 is 2.68 bits per heavy atom. The number of hydrogen-bond donors (Lipinski definition) is 1. The largest absolute Gasteiger partial charge is 0.394 e. The number of hydrogen-bond acceptors (Lipinski definition) is 4. The fourth-order valence-corrected chi connectivity index (χ4v) is 3.35. The number of allylic oxidation sites excluding steroid dienone is 1. The third-order valence-electron chi connectivity index (χ3n) is 4.55. The van der Waals surface area contributed by atoms with Gasteiger partial charge in [0.15, 0.2) is 0 Å². The van der Waals surface area contributed by atoms with Gasteiger partial charge in [0.05, 0.1) is 24.3 Å². The van der Waals surface area contributed by atoms with Crippen LogP contribution in [0.3, 0.4) is 0 Å². The summed E-state index contributed by atoms with van der Waals surface area (Å²) >= 11 is 0. The molecule has 1 aliphatic heterocycles. The van der Waals surface area contributed by atoms with E-state index in [-0.39, 0.29) is 18.4 Å². The fraction of sp³-hybridized carbons (Fsp3) is 0.250. The Labute approximate surface area is 146 Å². The average Bonchev–Trinajstić information content (AvgIpc) is 2.64. The number of carbonyl (C=O) groups is 1. The van der Waals surface area contributed by atoms with Crippen molar-refractivity contribution in [2.24, 2.45) is 0 Å². The summed E-state index contributed by atoms with van der Waals surface area (Å²) < 4.78 is 0. The van der Waals surface area contributed by atoms with Gasteiger partial charge in [-0.2, -0.15) is 5.26 Å².